The molecule has 0 fully saturated rings. The molecular formula is C13H19F3N2. The van der Waals surface area contributed by atoms with Crippen LogP contribution >= 0.6 is 0 Å². The van der Waals surface area contributed by atoms with Crippen LogP contribution in [-0.2, 0) is 0 Å². The van der Waals surface area contributed by atoms with Gasteiger partial charge in [-0.2, -0.15) is 13.2 Å². The van der Waals surface area contributed by atoms with Gasteiger partial charge in [-0.25, -0.2) is 0 Å². The highest BCUT2D eigenvalue weighted by molar-refractivity contribution is 5.20. The molecule has 1 aromatic carbocycles. The molecule has 0 aromatic heterocycles. The van der Waals surface area contributed by atoms with E-state index in [1.165, 1.54) is 12.1 Å². The van der Waals surface area contributed by atoms with Gasteiger partial charge in [0.05, 0.1) is 0 Å². The second-order valence-corrected chi connectivity index (χ2v) is 4.50. The van der Waals surface area contributed by atoms with Crippen molar-refractivity contribution in [2.75, 3.05) is 27.2 Å². The average Bonchev–Trinajstić information content (AvgIpc) is 2.28. The second kappa shape index (κ2) is 6.75. The number of nitrogens with one attached hydrogen (secondary N) is 1. The molecule has 0 aliphatic rings. The quantitative estimate of drug-likeness (QED) is 0.791. The van der Waals surface area contributed by atoms with Crippen molar-refractivity contribution in [3.05, 3.63) is 35.9 Å². The monoisotopic (exact) mass is 260 g/mol. The molecule has 1 aromatic rings. The van der Waals surface area contributed by atoms with Crippen molar-refractivity contribution in [1.29, 1.82) is 0 Å². The maximum atomic E-state index is 12.9. The van der Waals surface area contributed by atoms with Crippen LogP contribution in [0.1, 0.15) is 18.0 Å². The van der Waals surface area contributed by atoms with Gasteiger partial charge in [-0.05, 0) is 39.2 Å². The van der Waals surface area contributed by atoms with Crippen molar-refractivity contribution in [3.63, 3.8) is 0 Å². The molecule has 2 nitrogen and oxygen atoms in total. The van der Waals surface area contributed by atoms with E-state index in [0.29, 0.717) is 13.0 Å². The van der Waals surface area contributed by atoms with Gasteiger partial charge in [0, 0.05) is 0 Å². The first-order chi connectivity index (χ1) is 8.41. The van der Waals surface area contributed by atoms with E-state index in [9.17, 15) is 13.2 Å². The molecule has 1 rings (SSSR count). The van der Waals surface area contributed by atoms with E-state index in [0.717, 1.165) is 6.54 Å². The zero-order valence-corrected chi connectivity index (χ0v) is 10.7. The highest BCUT2D eigenvalue weighted by Crippen LogP contribution is 2.32. The van der Waals surface area contributed by atoms with Crippen LogP contribution in [0.3, 0.4) is 0 Å². The Hall–Kier alpha value is -1.07. The fraction of sp³-hybridized carbons (Fsp3) is 0.538. The van der Waals surface area contributed by atoms with E-state index >= 15 is 0 Å². The van der Waals surface area contributed by atoms with Crippen LogP contribution in [0.5, 0.6) is 0 Å². The molecule has 0 heterocycles. The number of nitrogens with zero attached hydrogens (tertiary/aromatic N) is 1. The third kappa shape index (κ3) is 5.06. The maximum absolute atomic E-state index is 12.9. The zero-order chi connectivity index (χ0) is 13.6. The van der Waals surface area contributed by atoms with Gasteiger partial charge >= 0.3 is 6.18 Å². The van der Waals surface area contributed by atoms with Crippen LogP contribution in [0.2, 0.25) is 0 Å². The van der Waals surface area contributed by atoms with Crippen LogP contribution in [0.15, 0.2) is 30.3 Å². The number of rotatable bonds is 6. The molecular weight excluding hydrogens is 241 g/mol. The van der Waals surface area contributed by atoms with Crippen LogP contribution in [-0.4, -0.2) is 38.3 Å². The number of benzene rings is 1. The first-order valence-corrected chi connectivity index (χ1v) is 5.91. The lowest BCUT2D eigenvalue weighted by Crippen LogP contribution is -2.35. The van der Waals surface area contributed by atoms with E-state index < -0.39 is 12.2 Å². The normalized spacial score (nSPS) is 13.9. The summed E-state index contributed by atoms with van der Waals surface area (Å²) in [6, 6.07) is 6.36. The summed E-state index contributed by atoms with van der Waals surface area (Å²) in [5.41, 5.74) is 0.259. The van der Waals surface area contributed by atoms with Crippen LogP contribution in [0, 0.1) is 0 Å². The lowest BCUT2D eigenvalue weighted by molar-refractivity contribution is -0.157. The van der Waals surface area contributed by atoms with Crippen molar-refractivity contribution >= 4 is 0 Å². The summed E-state index contributed by atoms with van der Waals surface area (Å²) in [6.07, 6.45) is -3.58. The van der Waals surface area contributed by atoms with Crippen molar-refractivity contribution in [3.8, 4) is 0 Å². The Labute approximate surface area is 106 Å². The highest BCUT2D eigenvalue weighted by Gasteiger charge is 2.40. The van der Waals surface area contributed by atoms with E-state index in [4.69, 9.17) is 0 Å². The molecule has 1 N–H and O–H groups in total. The molecule has 0 amide bonds. The fourth-order valence-corrected chi connectivity index (χ4v) is 1.71. The predicted molar refractivity (Wildman–Crippen MR) is 66.4 cm³/mol. The van der Waals surface area contributed by atoms with Gasteiger partial charge in [-0.1, -0.05) is 30.3 Å². The Bertz CT molecular complexity index is 336. The van der Waals surface area contributed by atoms with Crippen molar-refractivity contribution in [2.24, 2.45) is 0 Å². The molecule has 0 aliphatic carbocycles. The number of alkyl halides is 3. The van der Waals surface area contributed by atoms with E-state index in [1.54, 1.807) is 18.2 Å². The average molecular weight is 260 g/mol. The van der Waals surface area contributed by atoms with Crippen molar-refractivity contribution in [2.45, 2.75) is 18.6 Å². The first-order valence-electron chi connectivity index (χ1n) is 5.91. The summed E-state index contributed by atoms with van der Waals surface area (Å²) in [5.74, 6) is 0. The molecule has 0 radical (unpaired) electrons. The fourth-order valence-electron chi connectivity index (χ4n) is 1.71. The summed E-state index contributed by atoms with van der Waals surface area (Å²) in [6.45, 7) is 1.11. The molecule has 0 spiro atoms. The van der Waals surface area contributed by atoms with E-state index in [-0.39, 0.29) is 5.56 Å². The Balaban J connectivity index is 2.58. The van der Waals surface area contributed by atoms with Crippen LogP contribution < -0.4 is 5.32 Å². The van der Waals surface area contributed by atoms with E-state index in [2.05, 4.69) is 5.32 Å². The maximum Gasteiger partial charge on any atom is 0.407 e. The number of hydrogen-bond donors (Lipinski definition) is 1. The molecule has 102 valence electrons. The second-order valence-electron chi connectivity index (χ2n) is 4.50. The Kier molecular flexibility index (Phi) is 5.62. The topological polar surface area (TPSA) is 15.3 Å². The molecule has 1 atom stereocenters. The summed E-state index contributed by atoms with van der Waals surface area (Å²) in [5, 5.41) is 2.58. The highest BCUT2D eigenvalue weighted by atomic mass is 19.4. The van der Waals surface area contributed by atoms with Gasteiger partial charge < -0.3 is 10.2 Å². The molecule has 0 bridgehead atoms. The van der Waals surface area contributed by atoms with Crippen LogP contribution in [0.25, 0.3) is 0 Å². The van der Waals surface area contributed by atoms with E-state index in [1.807, 2.05) is 19.0 Å². The van der Waals surface area contributed by atoms with Crippen LogP contribution in [0.4, 0.5) is 13.2 Å². The molecule has 1 unspecified atom stereocenters. The van der Waals surface area contributed by atoms with Gasteiger partial charge in [0.15, 0.2) is 0 Å². The summed E-state index contributed by atoms with van der Waals surface area (Å²) >= 11 is 0. The largest absolute Gasteiger partial charge is 0.407 e. The lowest BCUT2D eigenvalue weighted by atomic mass is 10.1. The standard InChI is InChI=1S/C13H19F3N2/c1-18(2)10-6-9-17-12(13(14,15)16)11-7-4-3-5-8-11/h3-5,7-8,12,17H,6,9-10H2,1-2H3. The van der Waals surface area contributed by atoms with Gasteiger partial charge in [0.25, 0.3) is 0 Å². The molecule has 0 saturated carbocycles. The van der Waals surface area contributed by atoms with Crippen molar-refractivity contribution < 1.29 is 13.2 Å². The Morgan fingerprint density at radius 1 is 1.17 bits per heavy atom. The first kappa shape index (κ1) is 15.0. The van der Waals surface area contributed by atoms with Gasteiger partial charge in [-0.15, -0.1) is 0 Å². The third-order valence-corrected chi connectivity index (χ3v) is 2.59. The van der Waals surface area contributed by atoms with Gasteiger partial charge in [-0.3, -0.25) is 0 Å². The molecule has 0 aliphatic heterocycles. The van der Waals surface area contributed by atoms with Crippen molar-refractivity contribution in [1.82, 2.24) is 10.2 Å². The number of hydrogen-bond acceptors (Lipinski definition) is 2. The van der Waals surface area contributed by atoms with Gasteiger partial charge in [0.1, 0.15) is 6.04 Å². The lowest BCUT2D eigenvalue weighted by Gasteiger charge is -2.22. The Morgan fingerprint density at radius 3 is 2.28 bits per heavy atom. The minimum absolute atomic E-state index is 0.259. The predicted octanol–water partition coefficient (Wildman–Crippen LogP) is 2.83. The number of halogens is 3. The third-order valence-electron chi connectivity index (χ3n) is 2.59. The minimum Gasteiger partial charge on any atom is -0.309 e. The Morgan fingerprint density at radius 2 is 1.78 bits per heavy atom. The summed E-state index contributed by atoms with van der Waals surface area (Å²) in [7, 11) is 3.80. The zero-order valence-electron chi connectivity index (χ0n) is 10.7. The molecule has 0 saturated heterocycles. The molecule has 18 heavy (non-hydrogen) atoms. The summed E-state index contributed by atoms with van der Waals surface area (Å²) < 4.78 is 38.8. The molecule has 5 heteroatoms. The SMILES string of the molecule is CN(C)CCCNC(c1ccccc1)C(F)(F)F. The summed E-state index contributed by atoms with van der Waals surface area (Å²) in [4.78, 5) is 1.95. The van der Waals surface area contributed by atoms with Gasteiger partial charge in [0.2, 0.25) is 0 Å². The smallest absolute Gasteiger partial charge is 0.309 e. The minimum atomic E-state index is -4.26.